The first-order chi connectivity index (χ1) is 9.26. The van der Waals surface area contributed by atoms with Crippen LogP contribution in [-0.2, 0) is 12.8 Å². The van der Waals surface area contributed by atoms with Gasteiger partial charge in [0.15, 0.2) is 0 Å². The van der Waals surface area contributed by atoms with E-state index in [1.54, 1.807) is 19.2 Å². The fourth-order valence-corrected chi connectivity index (χ4v) is 2.35. The lowest BCUT2D eigenvalue weighted by molar-refractivity contribution is 0.414. The maximum absolute atomic E-state index is 5.85. The highest BCUT2D eigenvalue weighted by atomic mass is 16.5. The Bertz CT molecular complexity index is 611. The number of anilines is 1. The molecule has 0 spiro atoms. The van der Waals surface area contributed by atoms with Crippen molar-refractivity contribution in [2.75, 3.05) is 12.8 Å². The molecule has 0 amide bonds. The third-order valence-corrected chi connectivity index (χ3v) is 3.33. The lowest BCUT2D eigenvalue weighted by Crippen LogP contribution is -1.95. The summed E-state index contributed by atoms with van der Waals surface area (Å²) in [7, 11) is 1.59. The van der Waals surface area contributed by atoms with Gasteiger partial charge < -0.3 is 15.2 Å². The van der Waals surface area contributed by atoms with Gasteiger partial charge in [-0.15, -0.1) is 0 Å². The van der Waals surface area contributed by atoms with Crippen molar-refractivity contribution in [3.63, 3.8) is 0 Å². The molecule has 0 fully saturated rings. The third kappa shape index (κ3) is 2.34. The van der Waals surface area contributed by atoms with E-state index >= 15 is 0 Å². The Morgan fingerprint density at radius 3 is 2.84 bits per heavy atom. The van der Waals surface area contributed by atoms with Gasteiger partial charge in [0.2, 0.25) is 5.88 Å². The topological polar surface area (TPSA) is 57.4 Å². The summed E-state index contributed by atoms with van der Waals surface area (Å²) >= 11 is 0. The van der Waals surface area contributed by atoms with E-state index in [1.165, 1.54) is 12.0 Å². The van der Waals surface area contributed by atoms with E-state index in [4.69, 9.17) is 15.2 Å². The minimum Gasteiger partial charge on any atom is -0.495 e. The van der Waals surface area contributed by atoms with Crippen LogP contribution in [-0.4, -0.2) is 12.1 Å². The summed E-state index contributed by atoms with van der Waals surface area (Å²) in [5.74, 6) is 1.93. The molecule has 1 aliphatic carbocycles. The van der Waals surface area contributed by atoms with Crippen LogP contribution in [0.2, 0.25) is 0 Å². The number of ether oxygens (including phenoxy) is 2. The largest absolute Gasteiger partial charge is 0.495 e. The second-order valence-corrected chi connectivity index (χ2v) is 4.61. The number of hydrogen-bond donors (Lipinski definition) is 1. The van der Waals surface area contributed by atoms with Crippen LogP contribution in [0.25, 0.3) is 0 Å². The monoisotopic (exact) mass is 256 g/mol. The lowest BCUT2D eigenvalue weighted by Gasteiger charge is -2.09. The Labute approximate surface area is 112 Å². The molecule has 0 unspecified atom stereocenters. The van der Waals surface area contributed by atoms with Crippen molar-refractivity contribution in [2.24, 2.45) is 0 Å². The smallest absolute Gasteiger partial charge is 0.219 e. The molecule has 19 heavy (non-hydrogen) atoms. The van der Waals surface area contributed by atoms with Gasteiger partial charge in [-0.25, -0.2) is 4.98 Å². The second-order valence-electron chi connectivity index (χ2n) is 4.61. The van der Waals surface area contributed by atoms with E-state index in [0.29, 0.717) is 23.1 Å². The Morgan fingerprint density at radius 2 is 2.05 bits per heavy atom. The Balaban J connectivity index is 1.83. The average Bonchev–Trinajstić information content (AvgIpc) is 2.86. The van der Waals surface area contributed by atoms with E-state index in [-0.39, 0.29) is 0 Å². The minimum atomic E-state index is 0.557. The summed E-state index contributed by atoms with van der Waals surface area (Å²) in [5.41, 5.74) is 8.89. The van der Waals surface area contributed by atoms with Gasteiger partial charge >= 0.3 is 0 Å². The molecule has 1 heterocycles. The van der Waals surface area contributed by atoms with E-state index in [2.05, 4.69) is 11.1 Å². The van der Waals surface area contributed by atoms with Crippen molar-refractivity contribution in [2.45, 2.75) is 19.3 Å². The van der Waals surface area contributed by atoms with Crippen LogP contribution in [0, 0.1) is 0 Å². The molecule has 0 bridgehead atoms. The van der Waals surface area contributed by atoms with Crippen molar-refractivity contribution in [3.8, 4) is 17.4 Å². The van der Waals surface area contributed by atoms with Crippen LogP contribution in [0.1, 0.15) is 17.7 Å². The highest BCUT2D eigenvalue weighted by molar-refractivity contribution is 5.56. The zero-order valence-electron chi connectivity index (χ0n) is 10.8. The molecule has 0 aliphatic heterocycles. The highest BCUT2D eigenvalue weighted by Crippen LogP contribution is 2.30. The number of aromatic nitrogens is 1. The maximum atomic E-state index is 5.85. The quantitative estimate of drug-likeness (QED) is 0.858. The van der Waals surface area contributed by atoms with Crippen LogP contribution in [0.15, 0.2) is 30.3 Å². The van der Waals surface area contributed by atoms with Gasteiger partial charge in [-0.3, -0.25) is 0 Å². The number of pyridine rings is 1. The van der Waals surface area contributed by atoms with Crippen molar-refractivity contribution in [1.82, 2.24) is 4.98 Å². The minimum absolute atomic E-state index is 0.557. The third-order valence-electron chi connectivity index (χ3n) is 3.33. The summed E-state index contributed by atoms with van der Waals surface area (Å²) in [5, 5.41) is 0. The SMILES string of the molecule is COc1ccc(Oc2ccc3c(n2)CCC3)cc1N. The van der Waals surface area contributed by atoms with Crippen LogP contribution < -0.4 is 15.2 Å². The lowest BCUT2D eigenvalue weighted by atomic mass is 10.2. The van der Waals surface area contributed by atoms with Gasteiger partial charge in [-0.1, -0.05) is 6.07 Å². The van der Waals surface area contributed by atoms with Gasteiger partial charge in [0.05, 0.1) is 12.8 Å². The van der Waals surface area contributed by atoms with Gasteiger partial charge in [-0.05, 0) is 37.0 Å². The number of benzene rings is 1. The van der Waals surface area contributed by atoms with Crippen LogP contribution in [0.5, 0.6) is 17.4 Å². The van der Waals surface area contributed by atoms with Crippen LogP contribution >= 0.6 is 0 Å². The number of nitrogen functional groups attached to an aromatic ring is 1. The molecule has 1 aromatic carbocycles. The molecule has 1 aromatic heterocycles. The van der Waals surface area contributed by atoms with Crippen molar-refractivity contribution in [1.29, 1.82) is 0 Å². The predicted octanol–water partition coefficient (Wildman–Crippen LogP) is 2.95. The summed E-state index contributed by atoms with van der Waals surface area (Å²) in [6.07, 6.45) is 3.34. The summed E-state index contributed by atoms with van der Waals surface area (Å²) < 4.78 is 10.9. The van der Waals surface area contributed by atoms with E-state index in [0.717, 1.165) is 18.5 Å². The van der Waals surface area contributed by atoms with Gasteiger partial charge in [0.1, 0.15) is 11.5 Å². The van der Waals surface area contributed by atoms with Gasteiger partial charge in [-0.2, -0.15) is 0 Å². The number of rotatable bonds is 3. The fraction of sp³-hybridized carbons (Fsp3) is 0.267. The van der Waals surface area contributed by atoms with Gasteiger partial charge in [0, 0.05) is 17.8 Å². The molecule has 0 radical (unpaired) electrons. The van der Waals surface area contributed by atoms with Crippen LogP contribution in [0.4, 0.5) is 5.69 Å². The number of fused-ring (bicyclic) bond motifs is 1. The van der Waals surface area contributed by atoms with Crippen molar-refractivity contribution >= 4 is 5.69 Å². The summed E-state index contributed by atoms with van der Waals surface area (Å²) in [6, 6.07) is 9.36. The molecule has 2 N–H and O–H groups in total. The number of nitrogens with zero attached hydrogens (tertiary/aromatic N) is 1. The maximum Gasteiger partial charge on any atom is 0.219 e. The molecule has 98 valence electrons. The molecule has 0 saturated carbocycles. The molecular weight excluding hydrogens is 240 g/mol. The zero-order valence-corrected chi connectivity index (χ0v) is 10.8. The summed E-state index contributed by atoms with van der Waals surface area (Å²) in [6.45, 7) is 0. The zero-order chi connectivity index (χ0) is 13.2. The summed E-state index contributed by atoms with van der Waals surface area (Å²) in [4.78, 5) is 4.53. The molecule has 0 atom stereocenters. The molecule has 0 saturated heterocycles. The van der Waals surface area contributed by atoms with Crippen molar-refractivity contribution < 1.29 is 9.47 Å². The molecular formula is C15H16N2O2. The molecule has 1 aliphatic rings. The first kappa shape index (κ1) is 11.8. The van der Waals surface area contributed by atoms with E-state index < -0.39 is 0 Å². The second kappa shape index (κ2) is 4.80. The first-order valence-corrected chi connectivity index (χ1v) is 6.36. The highest BCUT2D eigenvalue weighted by Gasteiger charge is 2.13. The normalized spacial score (nSPS) is 13.1. The number of aryl methyl sites for hydroxylation is 2. The number of hydrogen-bond acceptors (Lipinski definition) is 4. The number of nitrogens with two attached hydrogens (primary N) is 1. The average molecular weight is 256 g/mol. The Hall–Kier alpha value is -2.23. The Kier molecular flexibility index (Phi) is 2.99. The predicted molar refractivity (Wildman–Crippen MR) is 73.7 cm³/mol. The first-order valence-electron chi connectivity index (χ1n) is 6.36. The van der Waals surface area contributed by atoms with Crippen molar-refractivity contribution in [3.05, 3.63) is 41.6 Å². The van der Waals surface area contributed by atoms with E-state index in [1.807, 2.05) is 12.1 Å². The molecule has 4 nitrogen and oxygen atoms in total. The van der Waals surface area contributed by atoms with Gasteiger partial charge in [0.25, 0.3) is 0 Å². The fourth-order valence-electron chi connectivity index (χ4n) is 2.35. The van der Waals surface area contributed by atoms with Crippen LogP contribution in [0.3, 0.4) is 0 Å². The molecule has 2 aromatic rings. The molecule has 4 heteroatoms. The number of methoxy groups -OCH3 is 1. The molecule has 3 rings (SSSR count). The van der Waals surface area contributed by atoms with E-state index in [9.17, 15) is 0 Å². The standard InChI is InChI=1S/C15H16N2O2/c1-18-14-7-6-11(9-12(14)16)19-15-8-5-10-3-2-4-13(10)17-15/h5-9H,2-4,16H2,1H3. The Morgan fingerprint density at radius 1 is 1.16 bits per heavy atom.